The van der Waals surface area contributed by atoms with Crippen LogP contribution < -0.4 is 0 Å². The van der Waals surface area contributed by atoms with Crippen molar-refractivity contribution in [3.05, 3.63) is 35.9 Å². The number of aliphatic hydroxyl groups is 2. The van der Waals surface area contributed by atoms with Crippen molar-refractivity contribution < 1.29 is 24.4 Å². The van der Waals surface area contributed by atoms with Gasteiger partial charge in [0, 0.05) is 20.6 Å². The lowest BCUT2D eigenvalue weighted by Gasteiger charge is -2.25. The first-order valence-corrected chi connectivity index (χ1v) is 6.21. The van der Waals surface area contributed by atoms with Gasteiger partial charge in [0.05, 0.1) is 19.3 Å². The molecule has 0 heterocycles. The first-order chi connectivity index (χ1) is 9.21. The normalized spacial score (nSPS) is 14.6. The molecule has 0 fully saturated rings. The molecule has 0 spiro atoms. The molecular formula is C14H22O5. The second kappa shape index (κ2) is 9.01. The van der Waals surface area contributed by atoms with Crippen LogP contribution in [0.3, 0.4) is 0 Å². The molecule has 2 N–H and O–H groups in total. The first-order valence-electron chi connectivity index (χ1n) is 6.21. The Morgan fingerprint density at radius 1 is 1.11 bits per heavy atom. The highest BCUT2D eigenvalue weighted by atomic mass is 16.7. The van der Waals surface area contributed by atoms with E-state index in [1.807, 2.05) is 30.3 Å². The quantitative estimate of drug-likeness (QED) is 0.653. The van der Waals surface area contributed by atoms with Crippen LogP contribution in [0.15, 0.2) is 30.3 Å². The van der Waals surface area contributed by atoms with Crippen LogP contribution in [0.25, 0.3) is 0 Å². The molecule has 0 radical (unpaired) electrons. The third kappa shape index (κ3) is 5.67. The van der Waals surface area contributed by atoms with Crippen LogP contribution in [0.1, 0.15) is 12.0 Å². The zero-order valence-corrected chi connectivity index (χ0v) is 11.4. The van der Waals surface area contributed by atoms with Crippen molar-refractivity contribution in [2.75, 3.05) is 20.8 Å². The van der Waals surface area contributed by atoms with Gasteiger partial charge in [-0.2, -0.15) is 0 Å². The summed E-state index contributed by atoms with van der Waals surface area (Å²) in [6, 6.07) is 9.64. The number of benzene rings is 1. The lowest BCUT2D eigenvalue weighted by molar-refractivity contribution is -0.152. The van der Waals surface area contributed by atoms with Gasteiger partial charge in [-0.15, -0.1) is 0 Å². The Hall–Kier alpha value is -0.980. The van der Waals surface area contributed by atoms with Gasteiger partial charge in [-0.3, -0.25) is 0 Å². The first kappa shape index (κ1) is 16.1. The number of hydrogen-bond donors (Lipinski definition) is 2. The summed E-state index contributed by atoms with van der Waals surface area (Å²) in [4.78, 5) is 0. The second-order valence-electron chi connectivity index (χ2n) is 4.22. The van der Waals surface area contributed by atoms with E-state index in [4.69, 9.17) is 19.3 Å². The van der Waals surface area contributed by atoms with Crippen LogP contribution in [-0.2, 0) is 20.8 Å². The van der Waals surface area contributed by atoms with E-state index in [0.29, 0.717) is 13.0 Å². The molecule has 108 valence electrons. The average molecular weight is 270 g/mol. The van der Waals surface area contributed by atoms with E-state index in [1.165, 1.54) is 14.2 Å². The maximum absolute atomic E-state index is 9.75. The van der Waals surface area contributed by atoms with Crippen LogP contribution >= 0.6 is 0 Å². The van der Waals surface area contributed by atoms with Crippen molar-refractivity contribution >= 4 is 0 Å². The van der Waals surface area contributed by atoms with Crippen molar-refractivity contribution in [1.29, 1.82) is 0 Å². The Bertz CT molecular complexity index is 326. The fourth-order valence-electron chi connectivity index (χ4n) is 1.71. The largest absolute Gasteiger partial charge is 0.394 e. The number of aliphatic hydroxyl groups excluding tert-OH is 2. The summed E-state index contributed by atoms with van der Waals surface area (Å²) in [6.45, 7) is 0.00230. The van der Waals surface area contributed by atoms with Gasteiger partial charge >= 0.3 is 0 Å². The summed E-state index contributed by atoms with van der Waals surface area (Å²) >= 11 is 0. The molecule has 0 saturated heterocycles. The maximum atomic E-state index is 9.75. The Kier molecular flexibility index (Phi) is 7.62. The second-order valence-corrected chi connectivity index (χ2v) is 4.22. The van der Waals surface area contributed by atoms with E-state index >= 15 is 0 Å². The van der Waals surface area contributed by atoms with E-state index in [0.717, 1.165) is 5.56 Å². The summed E-state index contributed by atoms with van der Waals surface area (Å²) in [5.74, 6) is 0. The van der Waals surface area contributed by atoms with E-state index in [2.05, 4.69) is 0 Å². The van der Waals surface area contributed by atoms with E-state index in [9.17, 15) is 5.11 Å². The molecule has 1 aromatic carbocycles. The molecule has 0 aliphatic carbocycles. The molecule has 0 aromatic heterocycles. The summed E-state index contributed by atoms with van der Waals surface area (Å²) in [5, 5.41) is 18.8. The summed E-state index contributed by atoms with van der Waals surface area (Å²) in [6.07, 6.45) is -1.63. The van der Waals surface area contributed by atoms with E-state index in [-0.39, 0.29) is 6.61 Å². The third-order valence-corrected chi connectivity index (χ3v) is 2.87. The number of hydrogen-bond acceptors (Lipinski definition) is 5. The molecule has 0 aliphatic heterocycles. The molecule has 5 nitrogen and oxygen atoms in total. The van der Waals surface area contributed by atoms with Gasteiger partial charge in [0.1, 0.15) is 6.10 Å². The van der Waals surface area contributed by atoms with Gasteiger partial charge in [0.15, 0.2) is 6.29 Å². The van der Waals surface area contributed by atoms with Gasteiger partial charge < -0.3 is 24.4 Å². The van der Waals surface area contributed by atoms with E-state index in [1.54, 1.807) is 0 Å². The monoisotopic (exact) mass is 270 g/mol. The standard InChI is InChI=1S/C14H22O5/c1-17-14(18-2)8-13(12(16)9-15)19-10-11-6-4-3-5-7-11/h3-7,12-16H,8-10H2,1-2H3. The summed E-state index contributed by atoms with van der Waals surface area (Å²) in [5.41, 5.74) is 1.00. The topological polar surface area (TPSA) is 68.2 Å². The van der Waals surface area contributed by atoms with Gasteiger partial charge in [-0.1, -0.05) is 30.3 Å². The van der Waals surface area contributed by atoms with Crippen LogP contribution in [0, 0.1) is 0 Å². The molecule has 1 rings (SSSR count). The maximum Gasteiger partial charge on any atom is 0.159 e. The van der Waals surface area contributed by atoms with Crippen molar-refractivity contribution in [3.63, 3.8) is 0 Å². The molecule has 19 heavy (non-hydrogen) atoms. The predicted octanol–water partition coefficient (Wildman–Crippen LogP) is 0.934. The molecule has 5 heteroatoms. The Morgan fingerprint density at radius 2 is 1.74 bits per heavy atom. The van der Waals surface area contributed by atoms with Crippen molar-refractivity contribution in [2.24, 2.45) is 0 Å². The molecule has 0 bridgehead atoms. The highest BCUT2D eigenvalue weighted by molar-refractivity contribution is 5.13. The Morgan fingerprint density at radius 3 is 2.26 bits per heavy atom. The molecule has 0 saturated carbocycles. The molecule has 0 aliphatic rings. The summed E-state index contributed by atoms with van der Waals surface area (Å²) in [7, 11) is 3.04. The number of rotatable bonds is 9. The minimum absolute atomic E-state index is 0.349. The zero-order chi connectivity index (χ0) is 14.1. The van der Waals surface area contributed by atoms with Gasteiger partial charge in [0.2, 0.25) is 0 Å². The molecular weight excluding hydrogens is 248 g/mol. The zero-order valence-electron chi connectivity index (χ0n) is 11.4. The van der Waals surface area contributed by atoms with Crippen LogP contribution in [0.5, 0.6) is 0 Å². The van der Waals surface area contributed by atoms with Crippen LogP contribution in [0.2, 0.25) is 0 Å². The van der Waals surface area contributed by atoms with Crippen LogP contribution in [0.4, 0.5) is 0 Å². The van der Waals surface area contributed by atoms with Crippen molar-refractivity contribution in [1.82, 2.24) is 0 Å². The number of methoxy groups -OCH3 is 2. The Labute approximate surface area is 113 Å². The minimum Gasteiger partial charge on any atom is -0.394 e. The van der Waals surface area contributed by atoms with Crippen molar-refractivity contribution in [2.45, 2.75) is 31.5 Å². The van der Waals surface area contributed by atoms with Crippen LogP contribution in [-0.4, -0.2) is 49.5 Å². The predicted molar refractivity (Wildman–Crippen MR) is 70.5 cm³/mol. The molecule has 2 unspecified atom stereocenters. The molecule has 1 aromatic rings. The Balaban J connectivity index is 2.54. The number of ether oxygens (including phenoxy) is 3. The SMILES string of the molecule is COC(CC(OCc1ccccc1)C(O)CO)OC. The highest BCUT2D eigenvalue weighted by Gasteiger charge is 2.23. The third-order valence-electron chi connectivity index (χ3n) is 2.87. The average Bonchev–Trinajstić information content (AvgIpc) is 2.48. The van der Waals surface area contributed by atoms with Crippen molar-refractivity contribution in [3.8, 4) is 0 Å². The van der Waals surface area contributed by atoms with E-state index < -0.39 is 18.5 Å². The lowest BCUT2D eigenvalue weighted by atomic mass is 10.1. The van der Waals surface area contributed by atoms with Gasteiger partial charge in [-0.05, 0) is 5.56 Å². The summed E-state index contributed by atoms with van der Waals surface area (Å²) < 4.78 is 15.8. The molecule has 2 atom stereocenters. The fraction of sp³-hybridized carbons (Fsp3) is 0.571. The van der Waals surface area contributed by atoms with Gasteiger partial charge in [0.25, 0.3) is 0 Å². The highest BCUT2D eigenvalue weighted by Crippen LogP contribution is 2.13. The fourth-order valence-corrected chi connectivity index (χ4v) is 1.71. The molecule has 0 amide bonds. The smallest absolute Gasteiger partial charge is 0.159 e. The lowest BCUT2D eigenvalue weighted by Crippen LogP contribution is -2.36. The van der Waals surface area contributed by atoms with Gasteiger partial charge in [-0.25, -0.2) is 0 Å². The minimum atomic E-state index is -0.962.